The molecule has 2 heterocycles. The lowest BCUT2D eigenvalue weighted by molar-refractivity contribution is -0.0559. The molecule has 0 amide bonds. The van der Waals surface area contributed by atoms with Gasteiger partial charge in [-0.2, -0.15) is 5.26 Å². The number of nitriles is 1. The van der Waals surface area contributed by atoms with E-state index in [1.54, 1.807) is 0 Å². The molecule has 3 fully saturated rings. The van der Waals surface area contributed by atoms with Crippen molar-refractivity contribution in [3.05, 3.63) is 0 Å². The predicted octanol–water partition coefficient (Wildman–Crippen LogP) is 1.77. The van der Waals surface area contributed by atoms with Crippen LogP contribution in [0.3, 0.4) is 0 Å². The summed E-state index contributed by atoms with van der Waals surface area (Å²) in [7, 11) is 0. The van der Waals surface area contributed by atoms with Gasteiger partial charge in [0.15, 0.2) is 0 Å². The van der Waals surface area contributed by atoms with Crippen molar-refractivity contribution in [3.8, 4) is 6.07 Å². The third-order valence-electron chi connectivity index (χ3n) is 3.41. The zero-order valence-corrected chi connectivity index (χ0v) is 7.88. The molecule has 2 saturated heterocycles. The molecule has 0 aromatic carbocycles. The van der Waals surface area contributed by atoms with Crippen molar-refractivity contribution in [2.45, 2.75) is 44.7 Å². The van der Waals surface area contributed by atoms with Gasteiger partial charge in [0.05, 0.1) is 6.07 Å². The lowest BCUT2D eigenvalue weighted by Gasteiger charge is -2.56. The molecule has 1 saturated carbocycles. The van der Waals surface area contributed by atoms with E-state index in [0.29, 0.717) is 6.04 Å². The largest absolute Gasteiger partial charge is 0.283 e. The highest BCUT2D eigenvalue weighted by atomic mass is 15.2. The van der Waals surface area contributed by atoms with Crippen molar-refractivity contribution >= 4 is 0 Å². The number of piperidine rings is 2. The van der Waals surface area contributed by atoms with Crippen LogP contribution in [0.4, 0.5) is 0 Å². The Kier molecular flexibility index (Phi) is 1.66. The maximum Gasteiger partial charge on any atom is 0.110 e. The van der Waals surface area contributed by atoms with E-state index in [1.165, 1.54) is 6.42 Å². The van der Waals surface area contributed by atoms with Crippen LogP contribution in [0.2, 0.25) is 0 Å². The highest BCUT2D eigenvalue weighted by molar-refractivity contribution is 5.19. The molecule has 0 radical (unpaired) electrons. The van der Waals surface area contributed by atoms with E-state index in [0.717, 1.165) is 25.3 Å². The second-order valence-electron chi connectivity index (χ2n) is 4.49. The van der Waals surface area contributed by atoms with Gasteiger partial charge in [0.25, 0.3) is 0 Å². The minimum atomic E-state index is -0.0584. The molecular weight excluding hydrogens is 148 g/mol. The van der Waals surface area contributed by atoms with Crippen molar-refractivity contribution in [2.24, 2.45) is 5.92 Å². The molecule has 3 aliphatic rings. The third kappa shape index (κ3) is 0.895. The van der Waals surface area contributed by atoms with Gasteiger partial charge in [0.2, 0.25) is 0 Å². The van der Waals surface area contributed by atoms with Gasteiger partial charge in [-0.25, -0.2) is 0 Å². The van der Waals surface area contributed by atoms with Gasteiger partial charge < -0.3 is 0 Å². The SMILES string of the molecule is CC(C)N1CCC2CC1(C#N)C2. The van der Waals surface area contributed by atoms with Crippen molar-refractivity contribution in [1.82, 2.24) is 4.90 Å². The molecule has 0 unspecified atom stereocenters. The number of hydrogen-bond donors (Lipinski definition) is 0. The lowest BCUT2D eigenvalue weighted by atomic mass is 9.63. The lowest BCUT2D eigenvalue weighted by Crippen LogP contribution is -2.63. The molecule has 2 heteroatoms. The molecule has 12 heavy (non-hydrogen) atoms. The first-order valence-electron chi connectivity index (χ1n) is 4.86. The highest BCUT2D eigenvalue weighted by Crippen LogP contribution is 2.48. The first-order valence-corrected chi connectivity index (χ1v) is 4.86. The summed E-state index contributed by atoms with van der Waals surface area (Å²) in [5.41, 5.74) is -0.0584. The van der Waals surface area contributed by atoms with Crippen LogP contribution in [0.1, 0.15) is 33.1 Å². The van der Waals surface area contributed by atoms with E-state index in [2.05, 4.69) is 24.8 Å². The maximum absolute atomic E-state index is 9.12. The molecule has 2 bridgehead atoms. The van der Waals surface area contributed by atoms with Crippen LogP contribution in [-0.4, -0.2) is 23.0 Å². The van der Waals surface area contributed by atoms with Gasteiger partial charge in [-0.1, -0.05) is 0 Å². The van der Waals surface area contributed by atoms with Crippen molar-refractivity contribution in [2.75, 3.05) is 6.54 Å². The van der Waals surface area contributed by atoms with Crippen molar-refractivity contribution in [1.29, 1.82) is 5.26 Å². The second kappa shape index (κ2) is 2.47. The molecule has 0 aromatic rings. The normalized spacial score (nSPS) is 40.7. The Morgan fingerprint density at radius 3 is 2.58 bits per heavy atom. The van der Waals surface area contributed by atoms with E-state index in [1.807, 2.05) is 0 Å². The van der Waals surface area contributed by atoms with Gasteiger partial charge in [-0.3, -0.25) is 4.90 Å². The monoisotopic (exact) mass is 164 g/mol. The van der Waals surface area contributed by atoms with Crippen LogP contribution < -0.4 is 0 Å². The molecule has 0 N–H and O–H groups in total. The average Bonchev–Trinajstić information content (AvgIpc) is 2.02. The summed E-state index contributed by atoms with van der Waals surface area (Å²) in [6, 6.07) is 3.04. The molecular formula is C10H16N2. The summed E-state index contributed by atoms with van der Waals surface area (Å²) in [6.45, 7) is 5.52. The van der Waals surface area contributed by atoms with Gasteiger partial charge in [-0.05, 0) is 39.0 Å². The first-order chi connectivity index (χ1) is 5.68. The molecule has 0 atom stereocenters. The molecule has 0 spiro atoms. The third-order valence-corrected chi connectivity index (χ3v) is 3.41. The van der Waals surface area contributed by atoms with E-state index < -0.39 is 0 Å². The summed E-state index contributed by atoms with van der Waals surface area (Å²) in [5.74, 6) is 0.861. The first kappa shape index (κ1) is 8.07. The Balaban J connectivity index is 2.17. The summed E-state index contributed by atoms with van der Waals surface area (Å²) >= 11 is 0. The van der Waals surface area contributed by atoms with Crippen molar-refractivity contribution in [3.63, 3.8) is 0 Å². The van der Waals surface area contributed by atoms with E-state index >= 15 is 0 Å². The molecule has 0 aromatic heterocycles. The van der Waals surface area contributed by atoms with Crippen molar-refractivity contribution < 1.29 is 0 Å². The summed E-state index contributed by atoms with van der Waals surface area (Å²) < 4.78 is 0. The number of rotatable bonds is 1. The fourth-order valence-corrected chi connectivity index (χ4v) is 2.78. The zero-order chi connectivity index (χ0) is 8.77. The maximum atomic E-state index is 9.12. The Morgan fingerprint density at radius 1 is 1.50 bits per heavy atom. The molecule has 2 aliphatic heterocycles. The smallest absolute Gasteiger partial charge is 0.110 e. The quantitative estimate of drug-likeness (QED) is 0.590. The Hall–Kier alpha value is -0.550. The van der Waals surface area contributed by atoms with Crippen LogP contribution in [-0.2, 0) is 0 Å². The molecule has 2 nitrogen and oxygen atoms in total. The number of hydrogen-bond acceptors (Lipinski definition) is 2. The highest BCUT2D eigenvalue weighted by Gasteiger charge is 2.53. The van der Waals surface area contributed by atoms with Gasteiger partial charge in [-0.15, -0.1) is 0 Å². The summed E-state index contributed by atoms with van der Waals surface area (Å²) in [4.78, 5) is 2.38. The topological polar surface area (TPSA) is 27.0 Å². The number of nitrogens with zero attached hydrogens (tertiary/aromatic N) is 2. The second-order valence-corrected chi connectivity index (χ2v) is 4.49. The summed E-state index contributed by atoms with van der Waals surface area (Å²) in [5, 5.41) is 9.12. The average molecular weight is 164 g/mol. The number of fused-ring (bicyclic) bond motifs is 2. The molecule has 1 aliphatic carbocycles. The van der Waals surface area contributed by atoms with Crippen LogP contribution in [0, 0.1) is 17.2 Å². The van der Waals surface area contributed by atoms with E-state index in [4.69, 9.17) is 5.26 Å². The summed E-state index contributed by atoms with van der Waals surface area (Å²) in [6.07, 6.45) is 3.56. The standard InChI is InChI=1S/C10H16N2/c1-8(2)12-4-3-9-5-10(12,6-9)7-11/h8-9H,3-6H2,1-2H3. The van der Waals surface area contributed by atoms with E-state index in [9.17, 15) is 0 Å². The zero-order valence-electron chi connectivity index (χ0n) is 7.88. The van der Waals surface area contributed by atoms with Crippen LogP contribution >= 0.6 is 0 Å². The van der Waals surface area contributed by atoms with Gasteiger partial charge in [0.1, 0.15) is 5.54 Å². The fourth-order valence-electron chi connectivity index (χ4n) is 2.78. The van der Waals surface area contributed by atoms with Crippen LogP contribution in [0.15, 0.2) is 0 Å². The molecule has 66 valence electrons. The molecule has 3 rings (SSSR count). The van der Waals surface area contributed by atoms with E-state index in [-0.39, 0.29) is 5.54 Å². The van der Waals surface area contributed by atoms with Gasteiger partial charge >= 0.3 is 0 Å². The Bertz CT molecular complexity index is 220. The fraction of sp³-hybridized carbons (Fsp3) is 0.900. The minimum absolute atomic E-state index is 0.0584. The Labute approximate surface area is 74.2 Å². The minimum Gasteiger partial charge on any atom is -0.283 e. The van der Waals surface area contributed by atoms with Crippen LogP contribution in [0.5, 0.6) is 0 Å². The van der Waals surface area contributed by atoms with Gasteiger partial charge in [0, 0.05) is 12.6 Å². The predicted molar refractivity (Wildman–Crippen MR) is 47.5 cm³/mol. The van der Waals surface area contributed by atoms with Crippen LogP contribution in [0.25, 0.3) is 0 Å². The Morgan fingerprint density at radius 2 is 2.17 bits per heavy atom.